The molecule has 0 radical (unpaired) electrons. The molecule has 0 aliphatic heterocycles. The first-order chi connectivity index (χ1) is 7.91. The molecule has 1 saturated carbocycles. The van der Waals surface area contributed by atoms with Crippen molar-refractivity contribution in [2.75, 3.05) is 0 Å². The Balaban J connectivity index is 2.67. The predicted octanol–water partition coefficient (Wildman–Crippen LogP) is 3.04. The van der Waals surface area contributed by atoms with Crippen LogP contribution in [0.3, 0.4) is 0 Å². The Bertz CT molecular complexity index is 255. The second kappa shape index (κ2) is 5.85. The topological polar surface area (TPSA) is 49.3 Å². The maximum atomic E-state index is 11.5. The summed E-state index contributed by atoms with van der Waals surface area (Å²) in [5, 5.41) is 12.8. The summed E-state index contributed by atoms with van der Waals surface area (Å²) in [5.74, 6) is 0.701. The van der Waals surface area contributed by atoms with Gasteiger partial charge in [0.05, 0.1) is 0 Å². The van der Waals surface area contributed by atoms with Crippen molar-refractivity contribution in [1.82, 2.24) is 5.32 Å². The van der Waals surface area contributed by atoms with Gasteiger partial charge in [0.2, 0.25) is 0 Å². The molecule has 1 rings (SSSR count). The number of hydrogen-bond acceptors (Lipinski definition) is 2. The van der Waals surface area contributed by atoms with E-state index in [4.69, 9.17) is 0 Å². The van der Waals surface area contributed by atoms with Gasteiger partial charge in [0.15, 0.2) is 0 Å². The number of rotatable bonds is 5. The quantitative estimate of drug-likeness (QED) is 0.778. The lowest BCUT2D eigenvalue weighted by atomic mass is 9.72. The largest absolute Gasteiger partial charge is 0.480 e. The van der Waals surface area contributed by atoms with Crippen LogP contribution in [0.25, 0.3) is 0 Å². The van der Waals surface area contributed by atoms with Gasteiger partial charge < -0.3 is 5.11 Å². The van der Waals surface area contributed by atoms with Gasteiger partial charge in [-0.25, -0.2) is 0 Å². The van der Waals surface area contributed by atoms with Crippen molar-refractivity contribution in [2.24, 2.45) is 11.8 Å². The van der Waals surface area contributed by atoms with Crippen LogP contribution >= 0.6 is 0 Å². The summed E-state index contributed by atoms with van der Waals surface area (Å²) < 4.78 is 0. The Kier molecular flexibility index (Phi) is 4.99. The van der Waals surface area contributed by atoms with Gasteiger partial charge in [-0.05, 0) is 50.9 Å². The van der Waals surface area contributed by atoms with Crippen molar-refractivity contribution in [3.05, 3.63) is 0 Å². The standard InChI is InChI=1S/C14H27NO2/c1-5-11(4)15-14(13(16)17)8-6-12(7-9-14)10(2)3/h10-12,15H,5-9H2,1-4H3,(H,16,17). The number of aliphatic carboxylic acids is 1. The minimum Gasteiger partial charge on any atom is -0.480 e. The van der Waals surface area contributed by atoms with Gasteiger partial charge in [-0.1, -0.05) is 20.8 Å². The van der Waals surface area contributed by atoms with Gasteiger partial charge in [-0.3, -0.25) is 10.1 Å². The van der Waals surface area contributed by atoms with E-state index in [-0.39, 0.29) is 6.04 Å². The number of nitrogens with one attached hydrogen (secondary N) is 1. The number of carboxylic acids is 1. The van der Waals surface area contributed by atoms with Gasteiger partial charge in [0.1, 0.15) is 5.54 Å². The molecule has 3 nitrogen and oxygen atoms in total. The third-order valence-corrected chi connectivity index (χ3v) is 4.37. The van der Waals surface area contributed by atoms with E-state index in [1.807, 2.05) is 0 Å². The van der Waals surface area contributed by atoms with Crippen molar-refractivity contribution >= 4 is 5.97 Å². The van der Waals surface area contributed by atoms with Crippen LogP contribution in [0.2, 0.25) is 0 Å². The number of carbonyl (C=O) groups is 1. The first-order valence-corrected chi connectivity index (χ1v) is 6.92. The third kappa shape index (κ3) is 3.44. The SMILES string of the molecule is CCC(C)NC1(C(=O)O)CCC(C(C)C)CC1. The highest BCUT2D eigenvalue weighted by molar-refractivity contribution is 5.79. The molecule has 1 aliphatic rings. The van der Waals surface area contributed by atoms with Crippen LogP contribution in [0.1, 0.15) is 59.8 Å². The lowest BCUT2D eigenvalue weighted by molar-refractivity contribution is -0.147. The Hall–Kier alpha value is -0.570. The van der Waals surface area contributed by atoms with E-state index in [9.17, 15) is 9.90 Å². The average molecular weight is 241 g/mol. The molecule has 3 heteroatoms. The predicted molar refractivity (Wildman–Crippen MR) is 70.1 cm³/mol. The van der Waals surface area contributed by atoms with Crippen molar-refractivity contribution in [1.29, 1.82) is 0 Å². The summed E-state index contributed by atoms with van der Waals surface area (Å²) in [5.41, 5.74) is -0.666. The van der Waals surface area contributed by atoms with E-state index in [0.717, 1.165) is 32.1 Å². The minimum absolute atomic E-state index is 0.279. The molecule has 0 spiro atoms. The van der Waals surface area contributed by atoms with Crippen LogP contribution in [-0.2, 0) is 4.79 Å². The van der Waals surface area contributed by atoms with Crippen LogP contribution in [0.4, 0.5) is 0 Å². The van der Waals surface area contributed by atoms with E-state index >= 15 is 0 Å². The minimum atomic E-state index is -0.667. The van der Waals surface area contributed by atoms with Gasteiger partial charge in [-0.2, -0.15) is 0 Å². The Labute approximate surface area is 105 Å². The molecule has 100 valence electrons. The molecule has 0 aromatic carbocycles. The summed E-state index contributed by atoms with van der Waals surface area (Å²) in [6, 6.07) is 0.279. The van der Waals surface area contributed by atoms with Crippen molar-refractivity contribution in [2.45, 2.75) is 71.4 Å². The van der Waals surface area contributed by atoms with Crippen LogP contribution < -0.4 is 5.32 Å². The summed E-state index contributed by atoms with van der Waals surface area (Å²) in [7, 11) is 0. The van der Waals surface area contributed by atoms with Crippen molar-refractivity contribution in [3.8, 4) is 0 Å². The molecule has 0 aromatic heterocycles. The molecule has 0 heterocycles. The van der Waals surface area contributed by atoms with E-state index in [2.05, 4.69) is 33.0 Å². The monoisotopic (exact) mass is 241 g/mol. The number of hydrogen-bond donors (Lipinski definition) is 2. The van der Waals surface area contributed by atoms with Gasteiger partial charge >= 0.3 is 5.97 Å². The van der Waals surface area contributed by atoms with Gasteiger partial charge in [0, 0.05) is 6.04 Å². The zero-order valence-electron chi connectivity index (χ0n) is 11.6. The molecule has 1 atom stereocenters. The average Bonchev–Trinajstić information content (AvgIpc) is 2.29. The fourth-order valence-electron chi connectivity index (χ4n) is 2.79. The molecular weight excluding hydrogens is 214 g/mol. The van der Waals surface area contributed by atoms with Crippen LogP contribution in [0.5, 0.6) is 0 Å². The Morgan fingerprint density at radius 1 is 1.35 bits per heavy atom. The number of carboxylic acid groups (broad SMARTS) is 1. The van der Waals surface area contributed by atoms with Crippen LogP contribution in [0, 0.1) is 11.8 Å². The van der Waals surface area contributed by atoms with E-state index < -0.39 is 11.5 Å². The highest BCUT2D eigenvalue weighted by Crippen LogP contribution is 2.36. The van der Waals surface area contributed by atoms with Crippen LogP contribution in [0.15, 0.2) is 0 Å². The lowest BCUT2D eigenvalue weighted by Crippen LogP contribution is -2.57. The normalized spacial score (nSPS) is 31.5. The molecule has 1 unspecified atom stereocenters. The van der Waals surface area contributed by atoms with E-state index in [0.29, 0.717) is 11.8 Å². The summed E-state index contributed by atoms with van der Waals surface area (Å²) in [6.45, 7) is 8.63. The Morgan fingerprint density at radius 2 is 1.88 bits per heavy atom. The highest BCUT2D eigenvalue weighted by atomic mass is 16.4. The zero-order valence-corrected chi connectivity index (χ0v) is 11.6. The maximum Gasteiger partial charge on any atom is 0.323 e. The molecule has 0 bridgehead atoms. The van der Waals surface area contributed by atoms with Crippen molar-refractivity contribution in [3.63, 3.8) is 0 Å². The molecular formula is C14H27NO2. The first kappa shape index (κ1) is 14.5. The van der Waals surface area contributed by atoms with E-state index in [1.54, 1.807) is 0 Å². The summed E-state index contributed by atoms with van der Waals surface area (Å²) >= 11 is 0. The fourth-order valence-corrected chi connectivity index (χ4v) is 2.79. The lowest BCUT2D eigenvalue weighted by Gasteiger charge is -2.40. The van der Waals surface area contributed by atoms with Gasteiger partial charge in [0.25, 0.3) is 0 Å². The zero-order chi connectivity index (χ0) is 13.1. The third-order valence-electron chi connectivity index (χ3n) is 4.37. The maximum absolute atomic E-state index is 11.5. The smallest absolute Gasteiger partial charge is 0.323 e. The van der Waals surface area contributed by atoms with Crippen LogP contribution in [-0.4, -0.2) is 22.7 Å². The van der Waals surface area contributed by atoms with E-state index in [1.165, 1.54) is 0 Å². The molecule has 1 fully saturated rings. The molecule has 0 saturated heterocycles. The molecule has 0 amide bonds. The molecule has 1 aliphatic carbocycles. The van der Waals surface area contributed by atoms with Gasteiger partial charge in [-0.15, -0.1) is 0 Å². The molecule has 17 heavy (non-hydrogen) atoms. The first-order valence-electron chi connectivity index (χ1n) is 6.92. The highest BCUT2D eigenvalue weighted by Gasteiger charge is 2.42. The second-order valence-electron chi connectivity index (χ2n) is 5.92. The molecule has 2 N–H and O–H groups in total. The summed E-state index contributed by atoms with van der Waals surface area (Å²) in [4.78, 5) is 11.5. The fraction of sp³-hybridized carbons (Fsp3) is 0.929. The van der Waals surface area contributed by atoms with Crippen molar-refractivity contribution < 1.29 is 9.90 Å². The summed E-state index contributed by atoms with van der Waals surface area (Å²) in [6.07, 6.45) is 4.59. The second-order valence-corrected chi connectivity index (χ2v) is 5.92. The Morgan fingerprint density at radius 3 is 2.24 bits per heavy atom. The molecule has 0 aromatic rings.